The lowest BCUT2D eigenvalue weighted by Gasteiger charge is -2.25. The van der Waals surface area contributed by atoms with Crippen LogP contribution in [0.15, 0.2) is 41.4 Å². The minimum Gasteiger partial charge on any atom is -0.496 e. The van der Waals surface area contributed by atoms with Crippen LogP contribution in [0.4, 0.5) is 0 Å². The van der Waals surface area contributed by atoms with Crippen LogP contribution in [-0.2, 0) is 0 Å². The molecule has 0 aliphatic carbocycles. The van der Waals surface area contributed by atoms with Crippen LogP contribution in [0.2, 0.25) is 0 Å². The number of halogens is 1. The first-order valence-electron chi connectivity index (χ1n) is 7.02. The zero-order valence-electron chi connectivity index (χ0n) is 13.9. The Labute approximate surface area is 148 Å². The Kier molecular flexibility index (Phi) is 6.97. The molecular formula is C16H20BrN3O4. The van der Waals surface area contributed by atoms with E-state index in [2.05, 4.69) is 54.0 Å². The van der Waals surface area contributed by atoms with Gasteiger partial charge in [0.05, 0.1) is 13.4 Å². The maximum atomic E-state index is 8.36. The van der Waals surface area contributed by atoms with Gasteiger partial charge in [-0.05, 0) is 29.2 Å². The molecule has 2 aromatic rings. The summed E-state index contributed by atoms with van der Waals surface area (Å²) < 4.78 is 8.50. The summed E-state index contributed by atoms with van der Waals surface area (Å²) in [5.41, 5.74) is 2.26. The highest BCUT2D eigenvalue weighted by Gasteiger charge is 2.22. The third kappa shape index (κ3) is 6.04. The SMILES string of the molecule is COc1ccc(Br)cc1C(=Cn1ccnc1)C(C)(C)C.O=[N+]([O-])O. The van der Waals surface area contributed by atoms with Crippen molar-refractivity contribution in [2.45, 2.75) is 20.8 Å². The molecular weight excluding hydrogens is 378 g/mol. The van der Waals surface area contributed by atoms with Gasteiger partial charge in [0.25, 0.3) is 5.09 Å². The van der Waals surface area contributed by atoms with Crippen molar-refractivity contribution in [3.8, 4) is 5.75 Å². The van der Waals surface area contributed by atoms with Crippen LogP contribution >= 0.6 is 15.9 Å². The molecule has 130 valence electrons. The van der Waals surface area contributed by atoms with Crippen LogP contribution in [0, 0.1) is 15.5 Å². The van der Waals surface area contributed by atoms with E-state index in [4.69, 9.17) is 20.1 Å². The molecule has 24 heavy (non-hydrogen) atoms. The molecule has 7 nitrogen and oxygen atoms in total. The third-order valence-corrected chi connectivity index (χ3v) is 3.56. The molecule has 0 bridgehead atoms. The topological polar surface area (TPSA) is 90.4 Å². The van der Waals surface area contributed by atoms with Crippen molar-refractivity contribution in [1.82, 2.24) is 9.55 Å². The molecule has 1 aromatic carbocycles. The van der Waals surface area contributed by atoms with E-state index in [-0.39, 0.29) is 5.41 Å². The molecule has 1 heterocycles. The Balaban J connectivity index is 0.000000648. The standard InChI is InChI=1S/C16H19BrN2O.HNO3/c1-16(2,3)14(10-19-8-7-18-11-19)13-9-12(17)5-6-15(13)20-4;2-1(3)4/h5-11H,1-4H3;(H,2,3,4). The summed E-state index contributed by atoms with van der Waals surface area (Å²) in [6, 6.07) is 6.06. The van der Waals surface area contributed by atoms with Crippen LogP contribution in [0.1, 0.15) is 26.3 Å². The summed E-state index contributed by atoms with van der Waals surface area (Å²) >= 11 is 3.54. The Morgan fingerprint density at radius 2 is 2.08 bits per heavy atom. The number of aromatic nitrogens is 2. The molecule has 8 heteroatoms. The van der Waals surface area contributed by atoms with Gasteiger partial charge in [-0.25, -0.2) is 4.98 Å². The quantitative estimate of drug-likeness (QED) is 0.613. The summed E-state index contributed by atoms with van der Waals surface area (Å²) in [6.07, 6.45) is 7.58. The van der Waals surface area contributed by atoms with Crippen LogP contribution in [0.3, 0.4) is 0 Å². The second kappa shape index (κ2) is 8.49. The van der Waals surface area contributed by atoms with E-state index in [1.807, 2.05) is 22.9 Å². The van der Waals surface area contributed by atoms with Gasteiger partial charge in [0.15, 0.2) is 0 Å². The average molecular weight is 398 g/mol. The first-order valence-corrected chi connectivity index (χ1v) is 7.81. The van der Waals surface area contributed by atoms with E-state index >= 15 is 0 Å². The average Bonchev–Trinajstić information content (AvgIpc) is 2.96. The lowest BCUT2D eigenvalue weighted by atomic mass is 9.82. The number of ether oxygens (including phenoxy) is 1. The minimum atomic E-state index is -1.50. The van der Waals surface area contributed by atoms with E-state index in [1.54, 1.807) is 19.6 Å². The number of methoxy groups -OCH3 is 1. The van der Waals surface area contributed by atoms with Crippen molar-refractivity contribution in [1.29, 1.82) is 0 Å². The van der Waals surface area contributed by atoms with Gasteiger partial charge in [-0.15, -0.1) is 10.1 Å². The monoisotopic (exact) mass is 397 g/mol. The first-order chi connectivity index (χ1) is 11.1. The second-order valence-corrected chi connectivity index (χ2v) is 6.80. The molecule has 0 amide bonds. The summed E-state index contributed by atoms with van der Waals surface area (Å²) in [7, 11) is 1.70. The van der Waals surface area contributed by atoms with E-state index in [0.29, 0.717) is 0 Å². The maximum Gasteiger partial charge on any atom is 0.291 e. The summed E-state index contributed by atoms with van der Waals surface area (Å²) in [5, 5.41) is 13.6. The van der Waals surface area contributed by atoms with Crippen LogP contribution < -0.4 is 4.74 Å². The first kappa shape index (κ1) is 19.7. The largest absolute Gasteiger partial charge is 0.496 e. The van der Waals surface area contributed by atoms with Crippen molar-refractivity contribution >= 4 is 27.7 Å². The third-order valence-electron chi connectivity index (χ3n) is 3.06. The molecule has 0 atom stereocenters. The highest BCUT2D eigenvalue weighted by molar-refractivity contribution is 9.10. The van der Waals surface area contributed by atoms with Crippen molar-refractivity contribution in [3.63, 3.8) is 0 Å². The van der Waals surface area contributed by atoms with Gasteiger partial charge in [0, 0.05) is 28.6 Å². The molecule has 0 fully saturated rings. The number of imidazole rings is 1. The Morgan fingerprint density at radius 1 is 1.46 bits per heavy atom. The van der Waals surface area contributed by atoms with Crippen LogP contribution in [0.25, 0.3) is 11.8 Å². The zero-order valence-corrected chi connectivity index (χ0v) is 15.5. The fraction of sp³-hybridized carbons (Fsp3) is 0.312. The van der Waals surface area contributed by atoms with Crippen molar-refractivity contribution < 1.29 is 15.0 Å². The Hall–Kier alpha value is -2.35. The highest BCUT2D eigenvalue weighted by Crippen LogP contribution is 2.40. The minimum absolute atomic E-state index is 0.0155. The van der Waals surface area contributed by atoms with Gasteiger partial charge < -0.3 is 14.5 Å². The molecule has 0 spiro atoms. The zero-order chi connectivity index (χ0) is 18.3. The number of rotatable bonds is 3. The molecule has 2 rings (SSSR count). The van der Waals surface area contributed by atoms with Crippen molar-refractivity contribution in [2.24, 2.45) is 5.41 Å². The number of nitrogens with zero attached hydrogens (tertiary/aromatic N) is 3. The highest BCUT2D eigenvalue weighted by atomic mass is 79.9. The van der Waals surface area contributed by atoms with Gasteiger partial charge in [-0.2, -0.15) is 0 Å². The van der Waals surface area contributed by atoms with Gasteiger partial charge >= 0.3 is 0 Å². The van der Waals surface area contributed by atoms with E-state index < -0.39 is 5.09 Å². The van der Waals surface area contributed by atoms with Crippen LogP contribution in [0.5, 0.6) is 5.75 Å². The summed E-state index contributed by atoms with van der Waals surface area (Å²) in [6.45, 7) is 6.57. The number of hydrogen-bond donors (Lipinski definition) is 1. The predicted octanol–water partition coefficient (Wildman–Crippen LogP) is 4.35. The lowest BCUT2D eigenvalue weighted by Crippen LogP contribution is -2.10. The maximum absolute atomic E-state index is 8.36. The van der Waals surface area contributed by atoms with E-state index in [1.165, 1.54) is 5.57 Å². The molecule has 0 saturated heterocycles. The van der Waals surface area contributed by atoms with Gasteiger partial charge in [0.2, 0.25) is 0 Å². The molecule has 0 aliphatic heterocycles. The van der Waals surface area contributed by atoms with Crippen LogP contribution in [-0.4, -0.2) is 27.0 Å². The van der Waals surface area contributed by atoms with Gasteiger partial charge in [-0.3, -0.25) is 0 Å². The predicted molar refractivity (Wildman–Crippen MR) is 95.3 cm³/mol. The van der Waals surface area contributed by atoms with Gasteiger partial charge in [0.1, 0.15) is 5.75 Å². The molecule has 0 saturated carbocycles. The fourth-order valence-corrected chi connectivity index (χ4v) is 2.41. The smallest absolute Gasteiger partial charge is 0.291 e. The van der Waals surface area contributed by atoms with E-state index in [9.17, 15) is 0 Å². The summed E-state index contributed by atoms with van der Waals surface area (Å²) in [5.74, 6) is 0.870. The Bertz CT molecular complexity index is 703. The van der Waals surface area contributed by atoms with Crippen molar-refractivity contribution in [2.75, 3.05) is 7.11 Å². The molecule has 1 N–H and O–H groups in total. The molecule has 0 aliphatic rings. The molecule has 0 radical (unpaired) electrons. The second-order valence-electron chi connectivity index (χ2n) is 5.89. The van der Waals surface area contributed by atoms with Crippen molar-refractivity contribution in [3.05, 3.63) is 57.1 Å². The molecule has 1 aromatic heterocycles. The Morgan fingerprint density at radius 3 is 2.54 bits per heavy atom. The van der Waals surface area contributed by atoms with Gasteiger partial charge in [-0.1, -0.05) is 36.7 Å². The summed E-state index contributed by atoms with van der Waals surface area (Å²) in [4.78, 5) is 12.5. The number of benzene rings is 1. The fourth-order valence-electron chi connectivity index (χ4n) is 2.05. The lowest BCUT2D eigenvalue weighted by molar-refractivity contribution is -0.742. The number of hydrogen-bond acceptors (Lipinski definition) is 4. The normalized spacial score (nSPS) is 11.5. The van der Waals surface area contributed by atoms with E-state index in [0.717, 1.165) is 15.8 Å². The molecule has 0 unspecified atom stereocenters. The number of allylic oxidation sites excluding steroid dienone is 1.